The summed E-state index contributed by atoms with van der Waals surface area (Å²) in [6, 6.07) is 9.57. The van der Waals surface area contributed by atoms with Gasteiger partial charge in [-0.3, -0.25) is 9.36 Å². The van der Waals surface area contributed by atoms with Crippen LogP contribution in [0.5, 0.6) is 5.75 Å². The number of carbonyl (C=O) groups excluding carboxylic acids is 1. The Balaban J connectivity index is 2.10. The van der Waals surface area contributed by atoms with Gasteiger partial charge in [-0.15, -0.1) is 0 Å². The summed E-state index contributed by atoms with van der Waals surface area (Å²) in [6.45, 7) is 14.5. The molecular formula is C28H38BrFN2O6Si2. The van der Waals surface area contributed by atoms with Crippen molar-refractivity contribution in [3.05, 3.63) is 56.5 Å². The normalized spacial score (nSPS) is 12.1. The van der Waals surface area contributed by atoms with Crippen molar-refractivity contribution in [2.75, 3.05) is 27.1 Å². The molecule has 3 aromatic rings. The van der Waals surface area contributed by atoms with Crippen LogP contribution in [0.15, 0.2) is 39.6 Å². The summed E-state index contributed by atoms with van der Waals surface area (Å²) in [7, 11) is -1.46. The van der Waals surface area contributed by atoms with Crippen molar-refractivity contribution in [1.82, 2.24) is 9.55 Å². The molecule has 0 unspecified atom stereocenters. The third-order valence-electron chi connectivity index (χ3n) is 6.15. The van der Waals surface area contributed by atoms with Gasteiger partial charge in [-0.05, 0) is 36.4 Å². The number of halogens is 2. The van der Waals surface area contributed by atoms with Crippen molar-refractivity contribution >= 4 is 49.1 Å². The van der Waals surface area contributed by atoms with E-state index in [0.717, 1.165) is 12.1 Å². The van der Waals surface area contributed by atoms with E-state index in [1.165, 1.54) is 29.9 Å². The molecule has 0 aliphatic carbocycles. The van der Waals surface area contributed by atoms with Crippen LogP contribution >= 0.6 is 15.9 Å². The van der Waals surface area contributed by atoms with E-state index in [9.17, 15) is 9.59 Å². The van der Waals surface area contributed by atoms with Gasteiger partial charge in [0.2, 0.25) is 0 Å². The van der Waals surface area contributed by atoms with Crippen LogP contribution in [0.25, 0.3) is 22.3 Å². The van der Waals surface area contributed by atoms with E-state index in [1.54, 1.807) is 12.1 Å². The Morgan fingerprint density at radius 3 is 2.30 bits per heavy atom. The second-order valence-electron chi connectivity index (χ2n) is 12.0. The van der Waals surface area contributed by atoms with Gasteiger partial charge in [0.15, 0.2) is 12.5 Å². The number of hydrogen-bond donors (Lipinski definition) is 0. The number of aromatic nitrogens is 2. The van der Waals surface area contributed by atoms with Gasteiger partial charge in [0.1, 0.15) is 23.8 Å². The Kier molecular flexibility index (Phi) is 10.9. The monoisotopic (exact) mass is 652 g/mol. The number of hydrogen-bond acceptors (Lipinski definition) is 7. The molecule has 12 heteroatoms. The number of ether oxygens (including phenoxy) is 4. The van der Waals surface area contributed by atoms with Crippen molar-refractivity contribution < 1.29 is 28.1 Å². The van der Waals surface area contributed by atoms with Crippen LogP contribution in [0.2, 0.25) is 51.4 Å². The summed E-state index contributed by atoms with van der Waals surface area (Å²) in [5.41, 5.74) is -0.345. The average molecular weight is 654 g/mol. The lowest BCUT2D eigenvalue weighted by Crippen LogP contribution is -2.27. The number of methoxy groups -OCH3 is 1. The van der Waals surface area contributed by atoms with Crippen LogP contribution in [0.1, 0.15) is 10.4 Å². The highest BCUT2D eigenvalue weighted by atomic mass is 79.9. The summed E-state index contributed by atoms with van der Waals surface area (Å²) < 4.78 is 39.9. The first-order chi connectivity index (χ1) is 18.7. The number of benzene rings is 2. The first-order valence-electron chi connectivity index (χ1n) is 13.1. The minimum atomic E-state index is -1.36. The lowest BCUT2D eigenvalue weighted by molar-refractivity contribution is 0.0228. The minimum Gasteiger partial charge on any atom is -0.465 e. The van der Waals surface area contributed by atoms with Crippen LogP contribution in [0.3, 0.4) is 0 Å². The summed E-state index contributed by atoms with van der Waals surface area (Å²) >= 11 is 3.50. The lowest BCUT2D eigenvalue weighted by atomic mass is 10.1. The SMILES string of the molecule is COC(=O)c1cccc(-c2nc3c(OCOCC[Si](C)(C)C)cc(Br)cc3n(COCC[Si](C)(C)C)c2=O)c1F. The summed E-state index contributed by atoms with van der Waals surface area (Å²) in [5, 5.41) is 0. The fraction of sp³-hybridized carbons (Fsp3) is 0.464. The maximum Gasteiger partial charge on any atom is 0.340 e. The maximum absolute atomic E-state index is 15.5. The van der Waals surface area contributed by atoms with E-state index < -0.39 is 33.5 Å². The first kappa shape index (κ1) is 32.1. The van der Waals surface area contributed by atoms with Crippen molar-refractivity contribution in [3.63, 3.8) is 0 Å². The third-order valence-corrected chi connectivity index (χ3v) is 10.0. The molecular weight excluding hydrogens is 615 g/mol. The second-order valence-corrected chi connectivity index (χ2v) is 24.1. The van der Waals surface area contributed by atoms with E-state index in [0.29, 0.717) is 34.5 Å². The van der Waals surface area contributed by atoms with Crippen LogP contribution in [0.4, 0.5) is 4.39 Å². The largest absolute Gasteiger partial charge is 0.465 e. The third kappa shape index (κ3) is 8.56. The zero-order valence-electron chi connectivity index (χ0n) is 24.2. The zero-order chi connectivity index (χ0) is 29.7. The van der Waals surface area contributed by atoms with Crippen molar-refractivity contribution in [2.24, 2.45) is 0 Å². The molecule has 0 saturated carbocycles. The van der Waals surface area contributed by atoms with Gasteiger partial charge in [-0.2, -0.15) is 0 Å². The van der Waals surface area contributed by atoms with E-state index in [-0.39, 0.29) is 30.3 Å². The molecule has 8 nitrogen and oxygen atoms in total. The van der Waals surface area contributed by atoms with E-state index in [2.05, 4.69) is 60.2 Å². The number of carbonyl (C=O) groups is 1. The highest BCUT2D eigenvalue weighted by Crippen LogP contribution is 2.31. The molecule has 0 bridgehead atoms. The zero-order valence-corrected chi connectivity index (χ0v) is 27.8. The Morgan fingerprint density at radius 2 is 1.68 bits per heavy atom. The Hall–Kier alpha value is -2.39. The summed E-state index contributed by atoms with van der Waals surface area (Å²) in [4.78, 5) is 30.5. The fourth-order valence-corrected chi connectivity index (χ4v) is 5.69. The van der Waals surface area contributed by atoms with Crippen LogP contribution in [0, 0.1) is 5.82 Å². The number of rotatable bonds is 13. The Labute approximate surface area is 245 Å². The standard InChI is InChI=1S/C28H38BrFN2O6Si2/c1-35-28(34)21-10-8-9-20(24(21)30)25-27(33)32(17-36-11-13-39(2,3)4)22-15-19(29)16-23(26(22)31-25)38-18-37-12-14-40(5,6)7/h8-10,15-16H,11-14,17-18H2,1-7H3. The molecule has 0 saturated heterocycles. The smallest absolute Gasteiger partial charge is 0.340 e. The molecule has 218 valence electrons. The van der Waals surface area contributed by atoms with Crippen molar-refractivity contribution in [3.8, 4) is 17.0 Å². The number of nitrogens with zero attached hydrogens (tertiary/aromatic N) is 2. The average Bonchev–Trinajstić information content (AvgIpc) is 2.86. The summed E-state index contributed by atoms with van der Waals surface area (Å²) in [5.74, 6) is -1.38. The molecule has 40 heavy (non-hydrogen) atoms. The number of fused-ring (bicyclic) bond motifs is 1. The minimum absolute atomic E-state index is 0.00886. The molecule has 0 atom stereocenters. The predicted octanol–water partition coefficient (Wildman–Crippen LogP) is 6.76. The van der Waals surface area contributed by atoms with E-state index in [4.69, 9.17) is 18.9 Å². The van der Waals surface area contributed by atoms with Crippen molar-refractivity contribution in [2.45, 2.75) is 58.1 Å². The predicted molar refractivity (Wildman–Crippen MR) is 164 cm³/mol. The molecule has 0 N–H and O–H groups in total. The van der Waals surface area contributed by atoms with E-state index >= 15 is 4.39 Å². The first-order valence-corrected chi connectivity index (χ1v) is 21.3. The summed E-state index contributed by atoms with van der Waals surface area (Å²) in [6.07, 6.45) is 0. The highest BCUT2D eigenvalue weighted by Gasteiger charge is 2.23. The quantitative estimate of drug-likeness (QED) is 0.0873. The van der Waals surface area contributed by atoms with Gasteiger partial charge in [0.25, 0.3) is 5.56 Å². The fourth-order valence-electron chi connectivity index (χ4n) is 3.75. The van der Waals surface area contributed by atoms with Gasteiger partial charge in [-0.1, -0.05) is 61.3 Å². The van der Waals surface area contributed by atoms with Gasteiger partial charge in [0.05, 0.1) is 18.2 Å². The highest BCUT2D eigenvalue weighted by molar-refractivity contribution is 9.10. The van der Waals surface area contributed by atoms with Crippen LogP contribution in [-0.4, -0.2) is 58.8 Å². The van der Waals surface area contributed by atoms with Gasteiger partial charge in [-0.25, -0.2) is 14.2 Å². The molecule has 0 aliphatic heterocycles. The number of esters is 1. The molecule has 2 aromatic carbocycles. The van der Waals surface area contributed by atoms with Gasteiger partial charge in [0, 0.05) is 39.4 Å². The van der Waals surface area contributed by atoms with Gasteiger partial charge >= 0.3 is 5.97 Å². The Morgan fingerprint density at radius 1 is 1.02 bits per heavy atom. The molecule has 0 spiro atoms. The molecule has 0 radical (unpaired) electrons. The van der Waals surface area contributed by atoms with E-state index in [1.807, 2.05) is 0 Å². The molecule has 0 aliphatic rings. The molecule has 1 heterocycles. The molecule has 0 fully saturated rings. The van der Waals surface area contributed by atoms with Crippen LogP contribution < -0.4 is 10.3 Å². The molecule has 1 aromatic heterocycles. The Bertz CT molecular complexity index is 1420. The van der Waals surface area contributed by atoms with Crippen molar-refractivity contribution in [1.29, 1.82) is 0 Å². The lowest BCUT2D eigenvalue weighted by Gasteiger charge is -2.19. The topological polar surface area (TPSA) is 88.9 Å². The second kappa shape index (κ2) is 13.5. The molecule has 0 amide bonds. The van der Waals surface area contributed by atoms with Gasteiger partial charge < -0.3 is 18.9 Å². The van der Waals surface area contributed by atoms with Crippen LogP contribution in [-0.2, 0) is 20.9 Å². The molecule has 3 rings (SSSR count). The maximum atomic E-state index is 15.5.